The van der Waals surface area contributed by atoms with Gasteiger partial charge in [0.15, 0.2) is 0 Å². The fourth-order valence-corrected chi connectivity index (χ4v) is 2.10. The molecular weight excluding hydrogens is 270 g/mol. The molecule has 1 amide bonds. The zero-order chi connectivity index (χ0) is 15.2. The standard InChI is InChI=1S/C16H17NO4/c1-17(11-13-6-4-10-21-13)15(18)9-8-12-5-2-3-7-14(12)16(19)20/h2-7,10H,8-9,11H2,1H3,(H,19,20). The molecule has 2 rings (SSSR count). The van der Waals surface area contributed by atoms with Gasteiger partial charge in [0.05, 0.1) is 18.4 Å². The normalized spacial score (nSPS) is 10.3. The van der Waals surface area contributed by atoms with E-state index >= 15 is 0 Å². The average molecular weight is 287 g/mol. The van der Waals surface area contributed by atoms with Gasteiger partial charge in [-0.2, -0.15) is 0 Å². The average Bonchev–Trinajstić information content (AvgIpc) is 2.97. The summed E-state index contributed by atoms with van der Waals surface area (Å²) in [6.07, 6.45) is 2.24. The second-order valence-electron chi connectivity index (χ2n) is 4.79. The molecule has 0 aliphatic heterocycles. The van der Waals surface area contributed by atoms with Gasteiger partial charge in [-0.1, -0.05) is 18.2 Å². The highest BCUT2D eigenvalue weighted by molar-refractivity contribution is 5.89. The summed E-state index contributed by atoms with van der Waals surface area (Å²) in [5.41, 5.74) is 0.920. The third-order valence-corrected chi connectivity index (χ3v) is 3.25. The first-order valence-electron chi connectivity index (χ1n) is 6.65. The molecule has 0 aliphatic carbocycles. The minimum atomic E-state index is -0.970. The number of carbonyl (C=O) groups excluding carboxylic acids is 1. The second kappa shape index (κ2) is 6.74. The summed E-state index contributed by atoms with van der Waals surface area (Å²) in [6, 6.07) is 10.3. The van der Waals surface area contributed by atoms with E-state index in [0.717, 1.165) is 5.76 Å². The van der Waals surface area contributed by atoms with Crippen molar-refractivity contribution in [2.45, 2.75) is 19.4 Å². The van der Waals surface area contributed by atoms with E-state index < -0.39 is 5.97 Å². The van der Waals surface area contributed by atoms with Crippen LogP contribution in [0, 0.1) is 0 Å². The number of hydrogen-bond donors (Lipinski definition) is 1. The van der Waals surface area contributed by atoms with E-state index in [0.29, 0.717) is 18.5 Å². The van der Waals surface area contributed by atoms with Crippen LogP contribution in [-0.2, 0) is 17.8 Å². The Hall–Kier alpha value is -2.56. The largest absolute Gasteiger partial charge is 0.478 e. The number of carbonyl (C=O) groups is 2. The number of aromatic carboxylic acids is 1. The maximum atomic E-state index is 12.1. The van der Waals surface area contributed by atoms with Crippen LogP contribution in [0.15, 0.2) is 47.1 Å². The molecule has 1 heterocycles. The molecule has 110 valence electrons. The summed E-state index contributed by atoms with van der Waals surface area (Å²) in [7, 11) is 1.70. The first-order chi connectivity index (χ1) is 10.1. The van der Waals surface area contributed by atoms with E-state index in [1.54, 1.807) is 48.5 Å². The molecule has 0 atom stereocenters. The number of benzene rings is 1. The molecule has 0 aliphatic rings. The number of carboxylic acids is 1. The molecule has 21 heavy (non-hydrogen) atoms. The van der Waals surface area contributed by atoms with Crippen molar-refractivity contribution in [2.75, 3.05) is 7.05 Å². The van der Waals surface area contributed by atoms with Gasteiger partial charge in [0.1, 0.15) is 5.76 Å². The SMILES string of the molecule is CN(Cc1ccco1)C(=O)CCc1ccccc1C(=O)O. The number of furan rings is 1. The smallest absolute Gasteiger partial charge is 0.335 e. The van der Waals surface area contributed by atoms with Crippen molar-refractivity contribution in [3.8, 4) is 0 Å². The van der Waals surface area contributed by atoms with Crippen LogP contribution in [0.3, 0.4) is 0 Å². The summed E-state index contributed by atoms with van der Waals surface area (Å²) < 4.78 is 5.20. The Bertz CT molecular complexity index is 619. The summed E-state index contributed by atoms with van der Waals surface area (Å²) >= 11 is 0. The molecular formula is C16H17NO4. The molecule has 2 aromatic rings. The predicted octanol–water partition coefficient (Wildman–Crippen LogP) is 2.57. The maximum Gasteiger partial charge on any atom is 0.335 e. The minimum absolute atomic E-state index is 0.0495. The van der Waals surface area contributed by atoms with Gasteiger partial charge in [0.25, 0.3) is 0 Å². The van der Waals surface area contributed by atoms with Gasteiger partial charge in [-0.15, -0.1) is 0 Å². The van der Waals surface area contributed by atoms with Crippen molar-refractivity contribution < 1.29 is 19.1 Å². The molecule has 0 saturated heterocycles. The van der Waals surface area contributed by atoms with Gasteiger partial charge < -0.3 is 14.4 Å². The van der Waals surface area contributed by atoms with Crippen LogP contribution in [0.1, 0.15) is 28.1 Å². The molecule has 5 heteroatoms. The van der Waals surface area contributed by atoms with Crippen LogP contribution in [0.25, 0.3) is 0 Å². The number of amides is 1. The van der Waals surface area contributed by atoms with E-state index in [1.807, 2.05) is 6.07 Å². The summed E-state index contributed by atoms with van der Waals surface area (Å²) in [6.45, 7) is 0.409. The molecule has 0 fully saturated rings. The lowest BCUT2D eigenvalue weighted by atomic mass is 10.0. The Morgan fingerprint density at radius 3 is 2.62 bits per heavy atom. The molecule has 0 bridgehead atoms. The Morgan fingerprint density at radius 2 is 1.95 bits per heavy atom. The number of hydrogen-bond acceptors (Lipinski definition) is 3. The van der Waals surface area contributed by atoms with Gasteiger partial charge in [-0.3, -0.25) is 4.79 Å². The lowest BCUT2D eigenvalue weighted by Gasteiger charge is -2.16. The first kappa shape index (κ1) is 14.8. The lowest BCUT2D eigenvalue weighted by Crippen LogP contribution is -2.26. The van der Waals surface area contributed by atoms with E-state index in [-0.39, 0.29) is 17.9 Å². The lowest BCUT2D eigenvalue weighted by molar-refractivity contribution is -0.130. The van der Waals surface area contributed by atoms with Crippen molar-refractivity contribution >= 4 is 11.9 Å². The van der Waals surface area contributed by atoms with Crippen LogP contribution in [-0.4, -0.2) is 28.9 Å². The molecule has 0 unspecified atom stereocenters. The summed E-state index contributed by atoms with van der Waals surface area (Å²) in [5.74, 6) is -0.301. The number of aryl methyl sites for hydroxylation is 1. The van der Waals surface area contributed by atoms with Crippen LogP contribution < -0.4 is 0 Å². The van der Waals surface area contributed by atoms with E-state index in [9.17, 15) is 9.59 Å². The van der Waals surface area contributed by atoms with Crippen LogP contribution in [0.4, 0.5) is 0 Å². The van der Waals surface area contributed by atoms with E-state index in [1.165, 1.54) is 0 Å². The highest BCUT2D eigenvalue weighted by Gasteiger charge is 2.14. The highest BCUT2D eigenvalue weighted by Crippen LogP contribution is 2.12. The number of rotatable bonds is 6. The molecule has 0 radical (unpaired) electrons. The highest BCUT2D eigenvalue weighted by atomic mass is 16.4. The van der Waals surface area contributed by atoms with Gasteiger partial charge in [0.2, 0.25) is 5.91 Å². The third-order valence-electron chi connectivity index (χ3n) is 3.25. The molecule has 1 aromatic heterocycles. The van der Waals surface area contributed by atoms with Gasteiger partial charge >= 0.3 is 5.97 Å². The second-order valence-corrected chi connectivity index (χ2v) is 4.79. The molecule has 1 N–H and O–H groups in total. The molecule has 1 aromatic carbocycles. The quantitative estimate of drug-likeness (QED) is 0.886. The van der Waals surface area contributed by atoms with Crippen molar-refractivity contribution in [3.05, 3.63) is 59.5 Å². The van der Waals surface area contributed by atoms with Crippen LogP contribution in [0.2, 0.25) is 0 Å². The zero-order valence-corrected chi connectivity index (χ0v) is 11.8. The summed E-state index contributed by atoms with van der Waals surface area (Å²) in [5, 5.41) is 9.10. The van der Waals surface area contributed by atoms with Gasteiger partial charge in [0, 0.05) is 13.5 Å². The maximum absolute atomic E-state index is 12.1. The molecule has 0 saturated carbocycles. The van der Waals surface area contributed by atoms with Crippen LogP contribution in [0.5, 0.6) is 0 Å². The van der Waals surface area contributed by atoms with Gasteiger partial charge in [-0.25, -0.2) is 4.79 Å². The number of carboxylic acid groups (broad SMARTS) is 1. The van der Waals surface area contributed by atoms with Crippen molar-refractivity contribution in [2.24, 2.45) is 0 Å². The van der Waals surface area contributed by atoms with E-state index in [4.69, 9.17) is 9.52 Å². The predicted molar refractivity (Wildman–Crippen MR) is 76.9 cm³/mol. The Labute approximate surface area is 122 Å². The number of nitrogens with zero attached hydrogens (tertiary/aromatic N) is 1. The third kappa shape index (κ3) is 3.95. The monoisotopic (exact) mass is 287 g/mol. The fourth-order valence-electron chi connectivity index (χ4n) is 2.10. The fraction of sp³-hybridized carbons (Fsp3) is 0.250. The van der Waals surface area contributed by atoms with Crippen molar-refractivity contribution in [3.63, 3.8) is 0 Å². The Balaban J connectivity index is 1.93. The molecule has 0 spiro atoms. The van der Waals surface area contributed by atoms with Crippen LogP contribution >= 0.6 is 0 Å². The van der Waals surface area contributed by atoms with Gasteiger partial charge in [-0.05, 0) is 30.2 Å². The topological polar surface area (TPSA) is 70.8 Å². The van der Waals surface area contributed by atoms with Crippen molar-refractivity contribution in [1.29, 1.82) is 0 Å². The summed E-state index contributed by atoms with van der Waals surface area (Å²) in [4.78, 5) is 24.7. The Kier molecular flexibility index (Phi) is 4.77. The molecule has 5 nitrogen and oxygen atoms in total. The Morgan fingerprint density at radius 1 is 1.19 bits per heavy atom. The minimum Gasteiger partial charge on any atom is -0.478 e. The zero-order valence-electron chi connectivity index (χ0n) is 11.8. The van der Waals surface area contributed by atoms with E-state index in [2.05, 4.69) is 0 Å². The first-order valence-corrected chi connectivity index (χ1v) is 6.65. The van der Waals surface area contributed by atoms with Crippen molar-refractivity contribution in [1.82, 2.24) is 4.90 Å².